The third-order valence-corrected chi connectivity index (χ3v) is 3.48. The van der Waals surface area contributed by atoms with Gasteiger partial charge in [-0.15, -0.1) is 11.6 Å². The second-order valence-corrected chi connectivity index (χ2v) is 4.59. The Hall–Kier alpha value is -0.340. The summed E-state index contributed by atoms with van der Waals surface area (Å²) in [6.07, 6.45) is 0.662. The van der Waals surface area contributed by atoms with E-state index in [9.17, 15) is 4.79 Å². The van der Waals surface area contributed by atoms with Crippen molar-refractivity contribution in [2.24, 2.45) is 0 Å². The molecule has 1 aromatic carbocycles. The van der Waals surface area contributed by atoms with Gasteiger partial charge in [0.2, 0.25) is 0 Å². The lowest BCUT2D eigenvalue weighted by molar-refractivity contribution is 0.0985. The monoisotopic (exact) mass is 274 g/mol. The van der Waals surface area contributed by atoms with Crippen LogP contribution in [0, 0.1) is 6.92 Å². The number of alkyl halides is 1. The molecule has 3 heteroatoms. The van der Waals surface area contributed by atoms with Crippen molar-refractivity contribution in [2.75, 3.05) is 0 Å². The second-order valence-electron chi connectivity index (χ2n) is 3.20. The Kier molecular flexibility index (Phi) is 4.14. The van der Waals surface area contributed by atoms with Gasteiger partial charge in [0, 0.05) is 10.0 Å². The Bertz CT molecular complexity index is 349. The van der Waals surface area contributed by atoms with Crippen LogP contribution in [0.1, 0.15) is 29.3 Å². The maximum atomic E-state index is 11.7. The molecule has 1 nitrogen and oxygen atoms in total. The molecule has 0 aliphatic carbocycles. The van der Waals surface area contributed by atoms with Gasteiger partial charge in [0.15, 0.2) is 5.78 Å². The molecule has 1 aromatic rings. The fourth-order valence-electron chi connectivity index (χ4n) is 1.16. The van der Waals surface area contributed by atoms with Crippen LogP contribution in [0.15, 0.2) is 22.7 Å². The molecule has 0 heterocycles. The van der Waals surface area contributed by atoms with Crippen molar-refractivity contribution in [3.8, 4) is 0 Å². The molecule has 0 spiro atoms. The molecule has 0 radical (unpaired) electrons. The van der Waals surface area contributed by atoms with Crippen LogP contribution in [-0.2, 0) is 0 Å². The fraction of sp³-hybridized carbons (Fsp3) is 0.364. The minimum Gasteiger partial charge on any atom is -0.293 e. The van der Waals surface area contributed by atoms with Crippen LogP contribution in [0.2, 0.25) is 0 Å². The van der Waals surface area contributed by atoms with Crippen LogP contribution in [-0.4, -0.2) is 11.2 Å². The number of aryl methyl sites for hydroxylation is 1. The zero-order valence-electron chi connectivity index (χ0n) is 8.18. The molecule has 0 aromatic heterocycles. The zero-order valence-corrected chi connectivity index (χ0v) is 10.5. The first kappa shape index (κ1) is 11.7. The van der Waals surface area contributed by atoms with Crippen LogP contribution in [0.3, 0.4) is 0 Å². The summed E-state index contributed by atoms with van der Waals surface area (Å²) in [5.41, 5.74) is 1.74. The van der Waals surface area contributed by atoms with Gasteiger partial charge in [0.1, 0.15) is 0 Å². The number of Topliss-reactive ketones (excluding diaryl/α,β-unsaturated/α-hetero) is 1. The van der Waals surface area contributed by atoms with Crippen molar-refractivity contribution >= 4 is 33.3 Å². The lowest BCUT2D eigenvalue weighted by atomic mass is 10.0. The lowest BCUT2D eigenvalue weighted by Gasteiger charge is -2.06. The van der Waals surface area contributed by atoms with Gasteiger partial charge >= 0.3 is 0 Å². The highest BCUT2D eigenvalue weighted by Crippen LogP contribution is 2.19. The van der Waals surface area contributed by atoms with Crippen LogP contribution in [0.4, 0.5) is 0 Å². The topological polar surface area (TPSA) is 17.1 Å². The average molecular weight is 276 g/mol. The summed E-state index contributed by atoms with van der Waals surface area (Å²) in [7, 11) is 0. The van der Waals surface area contributed by atoms with E-state index in [1.165, 1.54) is 0 Å². The van der Waals surface area contributed by atoms with Crippen molar-refractivity contribution in [3.63, 3.8) is 0 Å². The van der Waals surface area contributed by atoms with Crippen molar-refractivity contribution < 1.29 is 4.79 Å². The first-order valence-corrected chi connectivity index (χ1v) is 5.73. The molecule has 76 valence electrons. The van der Waals surface area contributed by atoms with E-state index < -0.39 is 5.38 Å². The number of benzene rings is 1. The number of hydrogen-bond donors (Lipinski definition) is 0. The van der Waals surface area contributed by atoms with Gasteiger partial charge in [-0.2, -0.15) is 0 Å². The summed E-state index contributed by atoms with van der Waals surface area (Å²) in [6.45, 7) is 3.86. The number of rotatable bonds is 3. The number of hydrogen-bond acceptors (Lipinski definition) is 1. The molecule has 14 heavy (non-hydrogen) atoms. The van der Waals surface area contributed by atoms with Crippen LogP contribution in [0.25, 0.3) is 0 Å². The number of carbonyl (C=O) groups is 1. The Morgan fingerprint density at radius 3 is 2.71 bits per heavy atom. The lowest BCUT2D eigenvalue weighted by Crippen LogP contribution is -2.13. The van der Waals surface area contributed by atoms with Gasteiger partial charge in [0.25, 0.3) is 0 Å². The molecule has 0 aliphatic rings. The highest BCUT2D eigenvalue weighted by Gasteiger charge is 2.15. The molecule has 1 atom stereocenters. The SMILES string of the molecule is CCC(Cl)C(=O)c1ccc(Br)c(C)c1. The molecule has 0 bridgehead atoms. The highest BCUT2D eigenvalue weighted by atomic mass is 79.9. The molecule has 0 fully saturated rings. The normalized spacial score (nSPS) is 12.6. The smallest absolute Gasteiger partial charge is 0.180 e. The Balaban J connectivity index is 2.97. The van der Waals surface area contributed by atoms with E-state index in [2.05, 4.69) is 15.9 Å². The average Bonchev–Trinajstić information content (AvgIpc) is 2.20. The molecule has 1 rings (SSSR count). The summed E-state index contributed by atoms with van der Waals surface area (Å²) in [6, 6.07) is 5.53. The van der Waals surface area contributed by atoms with E-state index in [0.717, 1.165) is 10.0 Å². The summed E-state index contributed by atoms with van der Waals surface area (Å²) in [5, 5.41) is -0.407. The number of ketones is 1. The minimum atomic E-state index is -0.407. The highest BCUT2D eigenvalue weighted by molar-refractivity contribution is 9.10. The van der Waals surface area contributed by atoms with Crippen LogP contribution in [0.5, 0.6) is 0 Å². The fourth-order valence-corrected chi connectivity index (χ4v) is 1.54. The summed E-state index contributed by atoms with van der Waals surface area (Å²) < 4.78 is 1.01. The standard InChI is InChI=1S/C11H12BrClO/c1-3-10(13)11(14)8-4-5-9(12)7(2)6-8/h4-6,10H,3H2,1-2H3. The van der Waals surface area contributed by atoms with Gasteiger partial charge < -0.3 is 0 Å². The Labute approximate surface area is 97.6 Å². The van der Waals surface area contributed by atoms with Gasteiger partial charge in [-0.3, -0.25) is 4.79 Å². The third-order valence-electron chi connectivity index (χ3n) is 2.09. The van der Waals surface area contributed by atoms with E-state index in [-0.39, 0.29) is 5.78 Å². The van der Waals surface area contributed by atoms with Crippen molar-refractivity contribution in [1.82, 2.24) is 0 Å². The maximum absolute atomic E-state index is 11.7. The first-order chi connectivity index (χ1) is 6.56. The van der Waals surface area contributed by atoms with Gasteiger partial charge in [-0.1, -0.05) is 28.9 Å². The van der Waals surface area contributed by atoms with Crippen LogP contribution < -0.4 is 0 Å². The Morgan fingerprint density at radius 1 is 1.57 bits per heavy atom. The van der Waals surface area contributed by atoms with Gasteiger partial charge in [0.05, 0.1) is 5.38 Å². The molecule has 0 saturated heterocycles. The van der Waals surface area contributed by atoms with E-state index in [4.69, 9.17) is 11.6 Å². The summed E-state index contributed by atoms with van der Waals surface area (Å²) in [4.78, 5) is 11.7. The maximum Gasteiger partial charge on any atom is 0.180 e. The van der Waals surface area contributed by atoms with E-state index in [1.54, 1.807) is 6.07 Å². The first-order valence-electron chi connectivity index (χ1n) is 4.50. The van der Waals surface area contributed by atoms with E-state index in [0.29, 0.717) is 12.0 Å². The molecule has 0 aliphatic heterocycles. The van der Waals surface area contributed by atoms with E-state index in [1.807, 2.05) is 26.0 Å². The quantitative estimate of drug-likeness (QED) is 0.603. The molecule has 0 saturated carbocycles. The zero-order chi connectivity index (χ0) is 10.7. The largest absolute Gasteiger partial charge is 0.293 e. The third kappa shape index (κ3) is 2.58. The van der Waals surface area contributed by atoms with Crippen molar-refractivity contribution in [1.29, 1.82) is 0 Å². The number of halogens is 2. The predicted octanol–water partition coefficient (Wildman–Crippen LogP) is 3.96. The van der Waals surface area contributed by atoms with Crippen molar-refractivity contribution in [2.45, 2.75) is 25.6 Å². The molecular weight excluding hydrogens is 263 g/mol. The number of carbonyl (C=O) groups excluding carboxylic acids is 1. The van der Waals surface area contributed by atoms with E-state index >= 15 is 0 Å². The van der Waals surface area contributed by atoms with Crippen LogP contribution >= 0.6 is 27.5 Å². The van der Waals surface area contributed by atoms with Gasteiger partial charge in [-0.05, 0) is 31.0 Å². The predicted molar refractivity (Wildman–Crippen MR) is 63.1 cm³/mol. The minimum absolute atomic E-state index is 0.00441. The molecule has 0 amide bonds. The Morgan fingerprint density at radius 2 is 2.21 bits per heavy atom. The summed E-state index contributed by atoms with van der Waals surface area (Å²) in [5.74, 6) is 0.00441. The molecule has 0 N–H and O–H groups in total. The molecule has 1 unspecified atom stereocenters. The summed E-state index contributed by atoms with van der Waals surface area (Å²) >= 11 is 9.27. The second kappa shape index (κ2) is 4.94. The van der Waals surface area contributed by atoms with Crippen molar-refractivity contribution in [3.05, 3.63) is 33.8 Å². The van der Waals surface area contributed by atoms with Gasteiger partial charge in [-0.25, -0.2) is 0 Å². The molecular formula is C11H12BrClO.